The fourth-order valence-electron chi connectivity index (χ4n) is 2.82. The zero-order chi connectivity index (χ0) is 22.0. The Bertz CT molecular complexity index is 743. The molecule has 1 aromatic rings. The molecule has 0 aliphatic carbocycles. The van der Waals surface area contributed by atoms with Gasteiger partial charge in [0, 0.05) is 28.0 Å². The summed E-state index contributed by atoms with van der Waals surface area (Å²) in [5.41, 5.74) is -0.839. The molecule has 1 aliphatic rings. The zero-order valence-electron chi connectivity index (χ0n) is 16.7. The Hall–Kier alpha value is -2.17. The smallest absolute Gasteiger partial charge is 0.306 e. The SMILES string of the molecule is CC.CCOC(=O)CC(C[N+](=O)[O-])c1c(Br)cc(F)c(N=NN2CCCC2)c1F. The highest BCUT2D eigenvalue weighted by atomic mass is 79.9. The van der Waals surface area contributed by atoms with Gasteiger partial charge in [-0.15, -0.1) is 5.11 Å². The van der Waals surface area contributed by atoms with Gasteiger partial charge >= 0.3 is 5.97 Å². The number of rotatable bonds is 8. The van der Waals surface area contributed by atoms with Crippen LogP contribution >= 0.6 is 15.9 Å². The third-order valence-electron chi connectivity index (χ3n) is 4.03. The average Bonchev–Trinajstić information content (AvgIpc) is 3.16. The normalized spacial score (nSPS) is 14.5. The Balaban J connectivity index is 0.00000204. The van der Waals surface area contributed by atoms with E-state index in [-0.39, 0.29) is 16.6 Å². The minimum Gasteiger partial charge on any atom is -0.466 e. The molecule has 0 N–H and O–H groups in total. The van der Waals surface area contributed by atoms with E-state index in [9.17, 15) is 23.7 Å². The molecule has 0 amide bonds. The van der Waals surface area contributed by atoms with E-state index in [1.807, 2.05) is 13.8 Å². The van der Waals surface area contributed by atoms with Crippen molar-refractivity contribution in [1.29, 1.82) is 0 Å². The highest BCUT2D eigenvalue weighted by Crippen LogP contribution is 2.37. The number of benzene rings is 1. The summed E-state index contributed by atoms with van der Waals surface area (Å²) in [5.74, 6) is -3.89. The molecule has 0 bridgehead atoms. The first-order chi connectivity index (χ1) is 13.8. The molecule has 1 saturated heterocycles. The lowest BCUT2D eigenvalue weighted by molar-refractivity contribution is -0.483. The Morgan fingerprint density at radius 1 is 1.38 bits per heavy atom. The van der Waals surface area contributed by atoms with E-state index in [2.05, 4.69) is 26.3 Å². The molecule has 0 spiro atoms. The molecule has 1 fully saturated rings. The molecule has 2 rings (SSSR count). The van der Waals surface area contributed by atoms with Crippen molar-refractivity contribution in [2.75, 3.05) is 26.2 Å². The van der Waals surface area contributed by atoms with Crippen LogP contribution < -0.4 is 0 Å². The number of nitrogens with zero attached hydrogens (tertiary/aromatic N) is 4. The molecule has 0 saturated carbocycles. The van der Waals surface area contributed by atoms with E-state index < -0.39 is 47.1 Å². The monoisotopic (exact) mass is 478 g/mol. The number of hydrogen-bond donors (Lipinski definition) is 0. The third kappa shape index (κ3) is 7.30. The molecule has 1 heterocycles. The molecule has 1 unspecified atom stereocenters. The Kier molecular flexibility index (Phi) is 10.6. The minimum absolute atomic E-state index is 0.0197. The Morgan fingerprint density at radius 2 is 2.00 bits per heavy atom. The first-order valence-electron chi connectivity index (χ1n) is 9.44. The maximum absolute atomic E-state index is 15.0. The van der Waals surface area contributed by atoms with Crippen LogP contribution in [0.15, 0.2) is 20.9 Å². The lowest BCUT2D eigenvalue weighted by Gasteiger charge is -2.17. The topological polar surface area (TPSA) is 97.4 Å². The van der Waals surface area contributed by atoms with Crippen LogP contribution in [0.4, 0.5) is 14.5 Å². The molecular weight excluding hydrogens is 454 g/mol. The van der Waals surface area contributed by atoms with Crippen LogP contribution in [-0.4, -0.2) is 42.1 Å². The van der Waals surface area contributed by atoms with Gasteiger partial charge in [0.15, 0.2) is 17.3 Å². The summed E-state index contributed by atoms with van der Waals surface area (Å²) in [7, 11) is 0. The summed E-state index contributed by atoms with van der Waals surface area (Å²) in [6.07, 6.45) is 1.42. The number of hydrogen-bond acceptors (Lipinski definition) is 6. The van der Waals surface area contributed by atoms with Gasteiger partial charge in [-0.05, 0) is 25.8 Å². The van der Waals surface area contributed by atoms with Crippen LogP contribution in [0.1, 0.15) is 51.5 Å². The van der Waals surface area contributed by atoms with E-state index in [1.54, 1.807) is 11.9 Å². The maximum Gasteiger partial charge on any atom is 0.306 e. The van der Waals surface area contributed by atoms with E-state index in [1.165, 1.54) is 0 Å². The molecule has 162 valence electrons. The molecule has 8 nitrogen and oxygen atoms in total. The van der Waals surface area contributed by atoms with Crippen LogP contribution in [0, 0.1) is 21.7 Å². The highest BCUT2D eigenvalue weighted by Gasteiger charge is 2.30. The highest BCUT2D eigenvalue weighted by molar-refractivity contribution is 9.10. The van der Waals surface area contributed by atoms with Crippen molar-refractivity contribution >= 4 is 27.6 Å². The predicted molar refractivity (Wildman–Crippen MR) is 107 cm³/mol. The standard InChI is InChI=1S/C16H19BrF2N4O4.C2H6/c1-2-27-13(24)7-10(9-23(25)26)14-11(17)8-12(18)16(15(14)19)20-21-22-5-3-4-6-22;1-2/h8,10H,2-7,9H2,1H3;1-2H3. The van der Waals surface area contributed by atoms with Crippen molar-refractivity contribution in [3.05, 3.63) is 37.9 Å². The summed E-state index contributed by atoms with van der Waals surface area (Å²) in [5, 5.41) is 20.1. The van der Waals surface area contributed by atoms with E-state index in [0.717, 1.165) is 18.9 Å². The molecule has 1 atom stereocenters. The fraction of sp³-hybridized carbons (Fsp3) is 0.611. The summed E-state index contributed by atoms with van der Waals surface area (Å²) in [6, 6.07) is 0.967. The van der Waals surface area contributed by atoms with Crippen molar-refractivity contribution < 1.29 is 23.2 Å². The number of carbonyl (C=O) groups excluding carboxylic acids is 1. The van der Waals surface area contributed by atoms with Gasteiger partial charge in [-0.3, -0.25) is 19.9 Å². The van der Waals surface area contributed by atoms with Crippen molar-refractivity contribution in [2.24, 2.45) is 10.3 Å². The first-order valence-corrected chi connectivity index (χ1v) is 10.2. The van der Waals surface area contributed by atoms with Crippen LogP contribution in [0.5, 0.6) is 0 Å². The van der Waals surface area contributed by atoms with Crippen molar-refractivity contribution in [2.45, 2.75) is 46.0 Å². The lowest BCUT2D eigenvalue weighted by atomic mass is 9.94. The number of carbonyl (C=O) groups is 1. The Morgan fingerprint density at radius 3 is 2.55 bits per heavy atom. The summed E-state index contributed by atoms with van der Waals surface area (Å²) in [4.78, 5) is 22.1. The van der Waals surface area contributed by atoms with E-state index >= 15 is 0 Å². The van der Waals surface area contributed by atoms with E-state index in [0.29, 0.717) is 13.1 Å². The number of ether oxygens (including phenoxy) is 1. The van der Waals surface area contributed by atoms with Gasteiger partial charge in [-0.2, -0.15) is 0 Å². The van der Waals surface area contributed by atoms with Crippen molar-refractivity contribution in [3.63, 3.8) is 0 Å². The second kappa shape index (κ2) is 12.4. The van der Waals surface area contributed by atoms with E-state index in [4.69, 9.17) is 4.74 Å². The quantitative estimate of drug-likeness (QED) is 0.222. The van der Waals surface area contributed by atoms with Gasteiger partial charge in [0.1, 0.15) is 0 Å². The summed E-state index contributed by atoms with van der Waals surface area (Å²) >= 11 is 3.03. The van der Waals surface area contributed by atoms with Crippen molar-refractivity contribution in [3.8, 4) is 0 Å². The second-order valence-corrected chi connectivity index (χ2v) is 6.84. The van der Waals surface area contributed by atoms with Gasteiger partial charge in [0.05, 0.1) is 18.9 Å². The minimum atomic E-state index is -1.14. The van der Waals surface area contributed by atoms with Crippen LogP contribution in [0.25, 0.3) is 0 Å². The molecular formula is C18H25BrF2N4O4. The van der Waals surface area contributed by atoms with Gasteiger partial charge in [0.25, 0.3) is 0 Å². The lowest BCUT2D eigenvalue weighted by Crippen LogP contribution is -2.19. The summed E-state index contributed by atoms with van der Waals surface area (Å²) < 4.78 is 34.0. The summed E-state index contributed by atoms with van der Waals surface area (Å²) in [6.45, 7) is 6.24. The molecule has 11 heteroatoms. The fourth-order valence-corrected chi connectivity index (χ4v) is 3.52. The zero-order valence-corrected chi connectivity index (χ0v) is 18.2. The second-order valence-electron chi connectivity index (χ2n) is 5.99. The third-order valence-corrected chi connectivity index (χ3v) is 4.69. The largest absolute Gasteiger partial charge is 0.466 e. The Labute approximate surface area is 176 Å². The maximum atomic E-state index is 15.0. The molecule has 1 aliphatic heterocycles. The first kappa shape index (κ1) is 24.9. The average molecular weight is 479 g/mol. The number of nitro groups is 1. The predicted octanol–water partition coefficient (Wildman–Crippen LogP) is 5.16. The van der Waals surface area contributed by atoms with Crippen molar-refractivity contribution in [1.82, 2.24) is 5.01 Å². The van der Waals surface area contributed by atoms with Crippen LogP contribution in [0.3, 0.4) is 0 Å². The van der Waals surface area contributed by atoms with Crippen LogP contribution in [-0.2, 0) is 9.53 Å². The molecule has 0 radical (unpaired) electrons. The number of esters is 1. The number of halogens is 3. The molecule has 29 heavy (non-hydrogen) atoms. The van der Waals surface area contributed by atoms with Gasteiger partial charge in [-0.1, -0.05) is 35.0 Å². The van der Waals surface area contributed by atoms with Gasteiger partial charge in [-0.25, -0.2) is 8.78 Å². The molecule has 0 aromatic heterocycles. The van der Waals surface area contributed by atoms with Gasteiger partial charge in [0.2, 0.25) is 6.54 Å². The molecule has 1 aromatic carbocycles. The van der Waals surface area contributed by atoms with Gasteiger partial charge < -0.3 is 4.74 Å². The van der Waals surface area contributed by atoms with Crippen LogP contribution in [0.2, 0.25) is 0 Å².